The number of hydrogen-bond donors (Lipinski definition) is 1. The second-order valence-corrected chi connectivity index (χ2v) is 3.30. The van der Waals surface area contributed by atoms with E-state index >= 15 is 0 Å². The van der Waals surface area contributed by atoms with Crippen LogP contribution >= 0.6 is 0 Å². The summed E-state index contributed by atoms with van der Waals surface area (Å²) in [6.45, 7) is 0.409. The van der Waals surface area contributed by atoms with E-state index in [2.05, 4.69) is 19.7 Å². The van der Waals surface area contributed by atoms with E-state index in [1.54, 1.807) is 13.0 Å². The van der Waals surface area contributed by atoms with Crippen molar-refractivity contribution in [3.8, 4) is 5.88 Å². The molecule has 0 fully saturated rings. The third-order valence-corrected chi connectivity index (χ3v) is 1.89. The average molecular weight is 231 g/mol. The molecule has 0 bridgehead atoms. The van der Waals surface area contributed by atoms with Crippen molar-refractivity contribution in [2.45, 2.75) is 13.1 Å². The molecule has 1 N–H and O–H groups in total. The van der Waals surface area contributed by atoms with Crippen molar-refractivity contribution in [2.75, 3.05) is 6.61 Å². The molecule has 2 heterocycles. The third-order valence-electron chi connectivity index (χ3n) is 1.89. The zero-order valence-electron chi connectivity index (χ0n) is 8.30. The molecule has 0 radical (unpaired) electrons. The van der Waals surface area contributed by atoms with Gasteiger partial charge in [0.1, 0.15) is 11.8 Å². The minimum atomic E-state index is -4.38. The summed E-state index contributed by atoms with van der Waals surface area (Å²) in [5.41, 5.74) is 1.70. The van der Waals surface area contributed by atoms with Crippen LogP contribution in [0.3, 0.4) is 0 Å². The lowest BCUT2D eigenvalue weighted by Crippen LogP contribution is -2.19. The molecule has 0 aliphatic carbocycles. The lowest BCUT2D eigenvalue weighted by Gasteiger charge is -2.08. The van der Waals surface area contributed by atoms with E-state index in [1.165, 1.54) is 6.33 Å². The van der Waals surface area contributed by atoms with Gasteiger partial charge in [0.15, 0.2) is 6.61 Å². The fourth-order valence-electron chi connectivity index (χ4n) is 1.31. The Kier molecular flexibility index (Phi) is 2.45. The molecule has 7 heteroatoms. The van der Waals surface area contributed by atoms with Crippen LogP contribution in [0.4, 0.5) is 13.2 Å². The number of aromatic nitrogens is 3. The monoisotopic (exact) mass is 231 g/mol. The number of ether oxygens (including phenoxy) is 1. The largest absolute Gasteiger partial charge is 0.466 e. The lowest BCUT2D eigenvalue weighted by molar-refractivity contribution is -0.153. The molecule has 16 heavy (non-hydrogen) atoms. The van der Waals surface area contributed by atoms with Crippen molar-refractivity contribution in [1.82, 2.24) is 15.0 Å². The van der Waals surface area contributed by atoms with Crippen molar-refractivity contribution in [3.63, 3.8) is 0 Å². The van der Waals surface area contributed by atoms with Crippen molar-refractivity contribution in [2.24, 2.45) is 0 Å². The van der Waals surface area contributed by atoms with E-state index in [-0.39, 0.29) is 5.88 Å². The van der Waals surface area contributed by atoms with Gasteiger partial charge in [-0.25, -0.2) is 4.98 Å². The number of rotatable bonds is 2. The first-order chi connectivity index (χ1) is 7.46. The molecule has 4 nitrogen and oxygen atoms in total. The van der Waals surface area contributed by atoms with Crippen LogP contribution in [0.5, 0.6) is 5.88 Å². The highest BCUT2D eigenvalue weighted by Crippen LogP contribution is 2.23. The molecule has 0 aliphatic heterocycles. The Balaban J connectivity index is 2.30. The van der Waals surface area contributed by atoms with Crippen LogP contribution in [-0.2, 0) is 0 Å². The van der Waals surface area contributed by atoms with Crippen LogP contribution in [0.15, 0.2) is 12.4 Å². The van der Waals surface area contributed by atoms with E-state index in [9.17, 15) is 13.2 Å². The van der Waals surface area contributed by atoms with Crippen molar-refractivity contribution >= 4 is 11.0 Å². The molecule has 0 saturated heterocycles. The quantitative estimate of drug-likeness (QED) is 0.862. The normalized spacial score (nSPS) is 12.0. The number of aromatic amines is 1. The Morgan fingerprint density at radius 1 is 1.38 bits per heavy atom. The third kappa shape index (κ3) is 2.23. The second kappa shape index (κ2) is 3.66. The van der Waals surface area contributed by atoms with Crippen molar-refractivity contribution in [1.29, 1.82) is 0 Å². The molecule has 0 atom stereocenters. The van der Waals surface area contributed by atoms with E-state index in [0.717, 1.165) is 5.69 Å². The van der Waals surface area contributed by atoms with Crippen LogP contribution in [0.2, 0.25) is 0 Å². The Morgan fingerprint density at radius 2 is 2.12 bits per heavy atom. The smallest absolute Gasteiger partial charge is 0.422 e. The second-order valence-electron chi connectivity index (χ2n) is 3.30. The van der Waals surface area contributed by atoms with Crippen molar-refractivity contribution < 1.29 is 17.9 Å². The van der Waals surface area contributed by atoms with Crippen LogP contribution in [0.1, 0.15) is 5.69 Å². The standard InChI is InChI=1S/C9H8F3N3O/c1-5-2-6-7(15-5)8(14-4-13-6)16-3-9(10,11)12/h2,4,15H,3H2,1H3. The molecule has 0 aliphatic rings. The van der Waals surface area contributed by atoms with E-state index in [4.69, 9.17) is 0 Å². The average Bonchev–Trinajstić information content (AvgIpc) is 2.54. The molecule has 0 saturated carbocycles. The fourth-order valence-corrected chi connectivity index (χ4v) is 1.31. The summed E-state index contributed by atoms with van der Waals surface area (Å²) in [7, 11) is 0. The molecule has 0 amide bonds. The minimum Gasteiger partial charge on any atom is -0.466 e. The predicted molar refractivity (Wildman–Crippen MR) is 50.2 cm³/mol. The zero-order valence-corrected chi connectivity index (χ0v) is 8.30. The van der Waals surface area contributed by atoms with E-state index in [1.807, 2.05) is 0 Å². The Hall–Kier alpha value is -1.79. The first kappa shape index (κ1) is 10.7. The summed E-state index contributed by atoms with van der Waals surface area (Å²) < 4.78 is 40.5. The van der Waals surface area contributed by atoms with Gasteiger partial charge < -0.3 is 9.72 Å². The predicted octanol–water partition coefficient (Wildman–Crippen LogP) is 2.21. The van der Waals surface area contributed by atoms with Crippen LogP contribution in [-0.4, -0.2) is 27.7 Å². The molecule has 0 unspecified atom stereocenters. The first-order valence-corrected chi connectivity index (χ1v) is 4.45. The Labute approximate surface area is 88.5 Å². The zero-order chi connectivity index (χ0) is 11.8. The molecular weight excluding hydrogens is 223 g/mol. The topological polar surface area (TPSA) is 50.8 Å². The van der Waals surface area contributed by atoms with Crippen LogP contribution in [0, 0.1) is 6.92 Å². The summed E-state index contributed by atoms with van der Waals surface area (Å²) in [4.78, 5) is 10.4. The molecule has 2 aromatic rings. The molecule has 0 spiro atoms. The number of aryl methyl sites for hydroxylation is 1. The molecule has 0 aromatic carbocycles. The molecular formula is C9H8F3N3O. The van der Waals surface area contributed by atoms with Gasteiger partial charge in [-0.2, -0.15) is 18.2 Å². The molecule has 2 rings (SSSR count). The SMILES string of the molecule is Cc1cc2ncnc(OCC(F)(F)F)c2[nH]1. The summed E-state index contributed by atoms with van der Waals surface area (Å²) in [5.74, 6) is -0.0876. The fraction of sp³-hybridized carbons (Fsp3) is 0.333. The number of nitrogens with zero attached hydrogens (tertiary/aromatic N) is 2. The van der Waals surface area contributed by atoms with Gasteiger partial charge in [-0.1, -0.05) is 0 Å². The minimum absolute atomic E-state index is 0.0876. The van der Waals surface area contributed by atoms with E-state index < -0.39 is 12.8 Å². The molecule has 86 valence electrons. The number of H-pyrrole nitrogens is 1. The first-order valence-electron chi connectivity index (χ1n) is 4.45. The Morgan fingerprint density at radius 3 is 2.81 bits per heavy atom. The van der Waals surface area contributed by atoms with Gasteiger partial charge in [-0.15, -0.1) is 0 Å². The lowest BCUT2D eigenvalue weighted by atomic mass is 10.4. The van der Waals surface area contributed by atoms with Gasteiger partial charge in [-0.05, 0) is 13.0 Å². The van der Waals surface area contributed by atoms with Crippen LogP contribution < -0.4 is 4.74 Å². The molecule has 2 aromatic heterocycles. The number of alkyl halides is 3. The number of halogens is 3. The number of fused-ring (bicyclic) bond motifs is 1. The summed E-state index contributed by atoms with van der Waals surface area (Å²) >= 11 is 0. The van der Waals surface area contributed by atoms with Gasteiger partial charge in [-0.3, -0.25) is 0 Å². The van der Waals surface area contributed by atoms with Crippen LogP contribution in [0.25, 0.3) is 11.0 Å². The maximum atomic E-state index is 12.0. The number of hydrogen-bond acceptors (Lipinski definition) is 3. The van der Waals surface area contributed by atoms with Gasteiger partial charge in [0.25, 0.3) is 0 Å². The summed E-state index contributed by atoms with van der Waals surface area (Å²) in [6.07, 6.45) is -3.21. The maximum Gasteiger partial charge on any atom is 0.422 e. The highest BCUT2D eigenvalue weighted by atomic mass is 19.4. The maximum absolute atomic E-state index is 12.0. The van der Waals surface area contributed by atoms with E-state index in [0.29, 0.717) is 11.0 Å². The van der Waals surface area contributed by atoms with Gasteiger partial charge in [0.05, 0.1) is 5.52 Å². The number of nitrogens with one attached hydrogen (secondary N) is 1. The van der Waals surface area contributed by atoms with Crippen molar-refractivity contribution in [3.05, 3.63) is 18.1 Å². The van der Waals surface area contributed by atoms with Gasteiger partial charge in [0, 0.05) is 5.69 Å². The summed E-state index contributed by atoms with van der Waals surface area (Å²) in [5, 5.41) is 0. The summed E-state index contributed by atoms with van der Waals surface area (Å²) in [6, 6.07) is 1.71. The van der Waals surface area contributed by atoms with Gasteiger partial charge in [0.2, 0.25) is 5.88 Å². The highest BCUT2D eigenvalue weighted by molar-refractivity contribution is 5.80. The Bertz CT molecular complexity index is 506. The van der Waals surface area contributed by atoms with Gasteiger partial charge >= 0.3 is 6.18 Å². The highest BCUT2D eigenvalue weighted by Gasteiger charge is 2.29.